The zero-order chi connectivity index (χ0) is 32.9. The van der Waals surface area contributed by atoms with Crippen molar-refractivity contribution in [1.82, 2.24) is 35.6 Å². The van der Waals surface area contributed by atoms with E-state index in [1.165, 1.54) is 36.5 Å². The van der Waals surface area contributed by atoms with Gasteiger partial charge in [-0.05, 0) is 50.5 Å². The molecule has 1 aromatic carbocycles. The van der Waals surface area contributed by atoms with Gasteiger partial charge in [0.25, 0.3) is 11.5 Å². The van der Waals surface area contributed by atoms with Crippen LogP contribution >= 0.6 is 0 Å². The number of rotatable bonds is 17. The first-order valence-corrected chi connectivity index (χ1v) is 14.0. The number of hydrazine groups is 1. The van der Waals surface area contributed by atoms with Crippen LogP contribution in [0.15, 0.2) is 47.2 Å². The summed E-state index contributed by atoms with van der Waals surface area (Å²) in [5.74, 6) is 3.54. The third-order valence-corrected chi connectivity index (χ3v) is 6.39. The monoisotopic (exact) mass is 623 g/mol. The molecule has 0 saturated heterocycles. The number of Topliss-reactive ketones (excluding diaryl/α,β-unsaturated/α-hetero) is 1. The number of nitrogen functional groups attached to an aromatic ring is 1. The van der Waals surface area contributed by atoms with E-state index in [1.807, 2.05) is 0 Å². The second-order valence-electron chi connectivity index (χ2n) is 10.2. The summed E-state index contributed by atoms with van der Waals surface area (Å²) in [4.78, 5) is 74.4. The van der Waals surface area contributed by atoms with Crippen molar-refractivity contribution in [1.29, 1.82) is 0 Å². The Morgan fingerprint density at radius 1 is 1.11 bits per heavy atom. The number of fused-ring (bicyclic) bond motifs is 1. The number of anilines is 2. The zero-order valence-electron chi connectivity index (χ0n) is 24.7. The second-order valence-corrected chi connectivity index (χ2v) is 10.2. The lowest BCUT2D eigenvalue weighted by atomic mass is 10.1. The van der Waals surface area contributed by atoms with Gasteiger partial charge in [0.15, 0.2) is 11.2 Å². The van der Waals surface area contributed by atoms with Gasteiger partial charge in [0.2, 0.25) is 11.9 Å². The van der Waals surface area contributed by atoms with Gasteiger partial charge in [0.1, 0.15) is 11.8 Å². The summed E-state index contributed by atoms with van der Waals surface area (Å²) < 4.78 is 0. The fourth-order valence-electron chi connectivity index (χ4n) is 4.04. The molecule has 0 unspecified atom stereocenters. The Labute approximate surface area is 257 Å². The van der Waals surface area contributed by atoms with Gasteiger partial charge in [-0.25, -0.2) is 20.6 Å². The number of aliphatic carboxylic acids is 1. The van der Waals surface area contributed by atoms with E-state index in [-0.39, 0.29) is 54.4 Å². The van der Waals surface area contributed by atoms with Crippen molar-refractivity contribution in [3.05, 3.63) is 64.0 Å². The van der Waals surface area contributed by atoms with Gasteiger partial charge in [-0.3, -0.25) is 19.4 Å². The Morgan fingerprint density at radius 2 is 1.84 bits per heavy atom. The molecule has 0 radical (unpaired) electrons. The number of carbonyl (C=O) groups is 4. The smallest absolute Gasteiger partial charge is 0.326 e. The minimum atomic E-state index is -1.30. The fourth-order valence-corrected chi connectivity index (χ4v) is 4.04. The van der Waals surface area contributed by atoms with Crippen molar-refractivity contribution in [2.75, 3.05) is 24.1 Å². The molecular weight excluding hydrogens is 586 g/mol. The van der Waals surface area contributed by atoms with Gasteiger partial charge in [0.05, 0.1) is 25.0 Å². The van der Waals surface area contributed by atoms with Crippen molar-refractivity contribution >= 4 is 46.4 Å². The molecule has 240 valence electrons. The number of carboxylic acids is 1. The molecular formula is C28H37N11O6. The number of hydrogen-bond donors (Lipinski definition) is 8. The Morgan fingerprint density at radius 3 is 2.53 bits per heavy atom. The van der Waals surface area contributed by atoms with E-state index in [4.69, 9.17) is 17.3 Å². The average Bonchev–Trinajstić information content (AvgIpc) is 2.99. The van der Waals surface area contributed by atoms with E-state index >= 15 is 0 Å². The van der Waals surface area contributed by atoms with Crippen molar-refractivity contribution in [3.8, 4) is 0 Å². The number of aromatic amines is 1. The highest BCUT2D eigenvalue weighted by Gasteiger charge is 2.22. The van der Waals surface area contributed by atoms with Crippen LogP contribution in [0.2, 0.25) is 0 Å². The number of hydrogen-bond acceptors (Lipinski definition) is 13. The van der Waals surface area contributed by atoms with E-state index in [9.17, 15) is 29.1 Å². The number of unbranched alkanes of at least 4 members (excludes halogenated alkanes) is 1. The molecule has 1 atom stereocenters. The molecule has 17 heteroatoms. The molecule has 3 rings (SSSR count). The van der Waals surface area contributed by atoms with Gasteiger partial charge in [0, 0.05) is 42.5 Å². The highest BCUT2D eigenvalue weighted by Crippen LogP contribution is 2.12. The summed E-state index contributed by atoms with van der Waals surface area (Å²) in [7, 11) is 0. The number of amides is 2. The van der Waals surface area contributed by atoms with Gasteiger partial charge >= 0.3 is 5.97 Å². The van der Waals surface area contributed by atoms with Crippen molar-refractivity contribution < 1.29 is 24.3 Å². The molecule has 2 amide bonds. The number of benzene rings is 1. The number of nitrogens with zero attached hydrogens (tertiary/aromatic N) is 4. The van der Waals surface area contributed by atoms with Gasteiger partial charge in [-0.2, -0.15) is 4.98 Å². The molecule has 0 fully saturated rings. The van der Waals surface area contributed by atoms with Gasteiger partial charge in [-0.1, -0.05) is 0 Å². The van der Waals surface area contributed by atoms with E-state index in [0.717, 1.165) is 0 Å². The van der Waals surface area contributed by atoms with Crippen LogP contribution in [-0.4, -0.2) is 72.7 Å². The Balaban J connectivity index is 1.44. The largest absolute Gasteiger partial charge is 0.480 e. The quantitative estimate of drug-likeness (QED) is 0.0546. The molecule has 11 N–H and O–H groups in total. The predicted octanol–water partition coefficient (Wildman–Crippen LogP) is -0.278. The molecule has 0 bridgehead atoms. The van der Waals surface area contributed by atoms with Crippen LogP contribution in [-0.2, 0) is 20.9 Å². The first-order valence-electron chi connectivity index (χ1n) is 14.0. The number of ketones is 1. The molecule has 2 heterocycles. The fraction of sp³-hybridized carbons (Fsp3) is 0.357. The van der Waals surface area contributed by atoms with Gasteiger partial charge in [-0.15, -0.1) is 0 Å². The molecule has 0 aliphatic heterocycles. The topological polar surface area (TPSA) is 277 Å². The van der Waals surface area contributed by atoms with E-state index in [2.05, 4.69) is 35.9 Å². The maximum atomic E-state index is 12.7. The van der Waals surface area contributed by atoms with Crippen molar-refractivity contribution in [2.24, 2.45) is 11.6 Å². The highest BCUT2D eigenvalue weighted by atomic mass is 16.4. The minimum Gasteiger partial charge on any atom is -0.480 e. The third kappa shape index (κ3) is 11.2. The van der Waals surface area contributed by atoms with Crippen LogP contribution in [0.25, 0.3) is 11.2 Å². The third-order valence-electron chi connectivity index (χ3n) is 6.39. The zero-order valence-corrected chi connectivity index (χ0v) is 24.7. The average molecular weight is 624 g/mol. The first kappa shape index (κ1) is 33.9. The minimum absolute atomic E-state index is 0.00250. The van der Waals surface area contributed by atoms with Crippen LogP contribution in [0.5, 0.6) is 0 Å². The van der Waals surface area contributed by atoms with Crippen LogP contribution in [0, 0.1) is 0 Å². The van der Waals surface area contributed by atoms with E-state index in [1.54, 1.807) is 12.1 Å². The molecule has 0 saturated carbocycles. The maximum Gasteiger partial charge on any atom is 0.326 e. The van der Waals surface area contributed by atoms with Crippen molar-refractivity contribution in [3.63, 3.8) is 0 Å². The Kier molecular flexibility index (Phi) is 12.3. The van der Waals surface area contributed by atoms with Crippen LogP contribution in [0.1, 0.15) is 55.1 Å². The number of carbonyl (C=O) groups excluding carboxylic acids is 3. The van der Waals surface area contributed by atoms with Crippen molar-refractivity contribution in [2.45, 2.75) is 51.6 Å². The number of nitrogens with two attached hydrogens (primary N) is 3. The molecule has 0 aliphatic rings. The summed E-state index contributed by atoms with van der Waals surface area (Å²) in [6.45, 7) is 2.23. The number of carboxylic acid groups (broad SMARTS) is 1. The number of nitrogens with one attached hydrogen (secondary N) is 4. The molecule has 0 aliphatic carbocycles. The van der Waals surface area contributed by atoms with Crippen LogP contribution in [0.3, 0.4) is 0 Å². The van der Waals surface area contributed by atoms with Crippen LogP contribution < -0.4 is 38.8 Å². The first-order chi connectivity index (χ1) is 21.4. The summed E-state index contributed by atoms with van der Waals surface area (Å²) >= 11 is 0. The summed E-state index contributed by atoms with van der Waals surface area (Å²) in [6, 6.07) is 4.95. The van der Waals surface area contributed by atoms with Gasteiger partial charge < -0.3 is 42.3 Å². The lowest BCUT2D eigenvalue weighted by Gasteiger charge is -2.16. The lowest BCUT2D eigenvalue weighted by Crippen LogP contribution is -2.41. The van der Waals surface area contributed by atoms with E-state index < -0.39 is 29.4 Å². The standard InChI is InChI=1S/C28H37N11O6/c1-16(40)4-2-3-11-39(31)15-18(29)12-33-22(41)10-9-21(27(44)45)36-25(42)17-5-7-19(8-6-17)32-13-20-14-34-24-23(35-20)26(43)38-28(30)37-24/h5-8,14-15,21,32H,2-4,9-13,29,31H2,1H3,(H,33,41)(H,36,42)(H,44,45)(H3,30,34,37,38,43)/b18-15-/t21-/m0/s1. The highest BCUT2D eigenvalue weighted by molar-refractivity contribution is 5.97. The summed E-state index contributed by atoms with van der Waals surface area (Å²) in [6.07, 6.45) is 4.51. The Bertz CT molecular complexity index is 1610. The molecule has 17 nitrogen and oxygen atoms in total. The molecule has 0 spiro atoms. The number of H-pyrrole nitrogens is 1. The molecule has 2 aromatic heterocycles. The van der Waals surface area contributed by atoms with Crippen LogP contribution in [0.4, 0.5) is 11.6 Å². The SMILES string of the molecule is CC(=O)CCCCN(N)/C=C(\N)CNC(=O)CC[C@H](NC(=O)c1ccc(NCc2cnc3nc(N)[nH]c(=O)c3n2)cc1)C(=O)O. The molecule has 45 heavy (non-hydrogen) atoms. The summed E-state index contributed by atoms with van der Waals surface area (Å²) in [5.41, 5.74) is 12.7. The number of aromatic nitrogens is 4. The summed E-state index contributed by atoms with van der Waals surface area (Å²) in [5, 5.41) is 19.1. The second kappa shape index (κ2) is 16.3. The van der Waals surface area contributed by atoms with E-state index in [0.29, 0.717) is 42.9 Å². The molecule has 3 aromatic rings. The lowest BCUT2D eigenvalue weighted by molar-refractivity contribution is -0.139. The predicted molar refractivity (Wildman–Crippen MR) is 165 cm³/mol. The normalized spacial score (nSPS) is 11.9. The Hall–Kier alpha value is -5.58. The maximum absolute atomic E-state index is 12.7.